The van der Waals surface area contributed by atoms with Crippen molar-refractivity contribution in [3.8, 4) is 11.5 Å². The molecule has 0 aromatic heterocycles. The van der Waals surface area contributed by atoms with E-state index < -0.39 is 10.8 Å². The Balaban J connectivity index is 2.18. The lowest BCUT2D eigenvalue weighted by Crippen LogP contribution is -2.08. The number of aromatic hydroxyl groups is 1. The quantitative estimate of drug-likeness (QED) is 0.372. The topological polar surface area (TPSA) is 102 Å². The third-order valence-electron chi connectivity index (χ3n) is 3.05. The zero-order valence-corrected chi connectivity index (χ0v) is 13.3. The summed E-state index contributed by atoms with van der Waals surface area (Å²) in [7, 11) is 1.49. The van der Waals surface area contributed by atoms with Gasteiger partial charge in [0.2, 0.25) is 5.91 Å². The van der Waals surface area contributed by atoms with Crippen LogP contribution in [0.25, 0.3) is 6.08 Å². The Kier molecular flexibility index (Phi) is 5.39. The second-order valence-electron chi connectivity index (χ2n) is 4.67. The average molecular weight is 349 g/mol. The maximum Gasteiger partial charge on any atom is 0.271 e. The number of nitro benzene ring substituents is 1. The number of methoxy groups -OCH3 is 1. The molecule has 0 saturated heterocycles. The molecule has 0 saturated carbocycles. The highest BCUT2D eigenvalue weighted by Gasteiger charge is 2.11. The molecule has 0 heterocycles. The lowest BCUT2D eigenvalue weighted by Gasteiger charge is -2.06. The molecule has 0 spiro atoms. The van der Waals surface area contributed by atoms with Gasteiger partial charge in [-0.15, -0.1) is 0 Å². The highest BCUT2D eigenvalue weighted by atomic mass is 35.5. The van der Waals surface area contributed by atoms with Crippen LogP contribution in [0.1, 0.15) is 5.56 Å². The van der Waals surface area contributed by atoms with Crippen LogP contribution in [0.2, 0.25) is 5.02 Å². The van der Waals surface area contributed by atoms with Gasteiger partial charge in [-0.2, -0.15) is 0 Å². The van der Waals surface area contributed by atoms with E-state index in [0.29, 0.717) is 16.3 Å². The average Bonchev–Trinajstić information content (AvgIpc) is 2.55. The first-order valence-corrected chi connectivity index (χ1v) is 7.08. The van der Waals surface area contributed by atoms with E-state index >= 15 is 0 Å². The fourth-order valence-corrected chi connectivity index (χ4v) is 2.09. The fourth-order valence-electron chi connectivity index (χ4n) is 1.91. The van der Waals surface area contributed by atoms with E-state index in [1.165, 1.54) is 19.3 Å². The molecule has 1 amide bonds. The summed E-state index contributed by atoms with van der Waals surface area (Å²) in [5, 5.41) is 23.3. The third kappa shape index (κ3) is 4.23. The maximum atomic E-state index is 12.0. The summed E-state index contributed by atoms with van der Waals surface area (Å²) in [6.45, 7) is 0. The first-order chi connectivity index (χ1) is 11.4. The Morgan fingerprint density at radius 2 is 2.08 bits per heavy atom. The van der Waals surface area contributed by atoms with Gasteiger partial charge in [-0.05, 0) is 30.3 Å². The molecule has 8 heteroatoms. The molecule has 0 radical (unpaired) electrons. The molecule has 0 aliphatic carbocycles. The zero-order valence-electron chi connectivity index (χ0n) is 12.5. The maximum absolute atomic E-state index is 12.0. The molecule has 124 valence electrons. The normalized spacial score (nSPS) is 10.6. The van der Waals surface area contributed by atoms with Gasteiger partial charge in [-0.1, -0.05) is 11.6 Å². The number of hydrogen-bond donors (Lipinski definition) is 2. The Hall–Kier alpha value is -3.06. The number of non-ortho nitro benzene ring substituents is 1. The smallest absolute Gasteiger partial charge is 0.271 e. The summed E-state index contributed by atoms with van der Waals surface area (Å²) in [6, 6.07) is 8.27. The number of phenols is 1. The summed E-state index contributed by atoms with van der Waals surface area (Å²) in [4.78, 5) is 22.1. The van der Waals surface area contributed by atoms with Crippen molar-refractivity contribution in [3.05, 3.63) is 63.2 Å². The van der Waals surface area contributed by atoms with Gasteiger partial charge in [0.15, 0.2) is 0 Å². The van der Waals surface area contributed by atoms with Crippen LogP contribution >= 0.6 is 11.6 Å². The van der Waals surface area contributed by atoms with E-state index in [1.807, 2.05) is 0 Å². The van der Waals surface area contributed by atoms with Crippen molar-refractivity contribution >= 4 is 35.0 Å². The molecular weight excluding hydrogens is 336 g/mol. The molecular formula is C16H13ClN2O5. The van der Waals surface area contributed by atoms with Crippen LogP contribution in [0.3, 0.4) is 0 Å². The zero-order chi connectivity index (χ0) is 17.7. The third-order valence-corrected chi connectivity index (χ3v) is 3.29. The fraction of sp³-hybridized carbons (Fsp3) is 0.0625. The Morgan fingerprint density at radius 3 is 2.75 bits per heavy atom. The predicted molar refractivity (Wildman–Crippen MR) is 90.4 cm³/mol. The highest BCUT2D eigenvalue weighted by molar-refractivity contribution is 6.30. The molecule has 0 atom stereocenters. The van der Waals surface area contributed by atoms with Crippen molar-refractivity contribution in [1.82, 2.24) is 0 Å². The van der Waals surface area contributed by atoms with Gasteiger partial charge in [-0.25, -0.2) is 0 Å². The molecule has 2 rings (SSSR count). The molecule has 0 unspecified atom stereocenters. The molecule has 0 fully saturated rings. The van der Waals surface area contributed by atoms with Crippen LogP contribution in [0.15, 0.2) is 42.5 Å². The minimum Gasteiger partial charge on any atom is -0.506 e. The number of amides is 1. The monoisotopic (exact) mass is 348 g/mol. The number of nitro groups is 1. The predicted octanol–water partition coefficient (Wildman–Crippen LogP) is 3.61. The number of rotatable bonds is 5. The van der Waals surface area contributed by atoms with Crippen molar-refractivity contribution in [1.29, 1.82) is 0 Å². The van der Waals surface area contributed by atoms with Crippen LogP contribution in [0.5, 0.6) is 11.5 Å². The van der Waals surface area contributed by atoms with Crippen molar-refractivity contribution in [2.45, 2.75) is 0 Å². The number of anilines is 1. The lowest BCUT2D eigenvalue weighted by atomic mass is 10.2. The number of halogens is 1. The SMILES string of the molecule is COc1ccc(Cl)cc1/C=C/C(=O)Nc1cc([N+](=O)[O-])ccc1O. The Labute approximate surface area is 142 Å². The van der Waals surface area contributed by atoms with Crippen LogP contribution in [0, 0.1) is 10.1 Å². The summed E-state index contributed by atoms with van der Waals surface area (Å²) in [5.41, 5.74) is 0.281. The molecule has 0 bridgehead atoms. The van der Waals surface area contributed by atoms with E-state index in [1.54, 1.807) is 18.2 Å². The number of nitrogens with zero attached hydrogens (tertiary/aromatic N) is 1. The van der Waals surface area contributed by atoms with E-state index in [-0.39, 0.29) is 17.1 Å². The summed E-state index contributed by atoms with van der Waals surface area (Å²) < 4.78 is 5.16. The number of carbonyl (C=O) groups excluding carboxylic acids is 1. The Bertz CT molecular complexity index is 820. The molecule has 2 N–H and O–H groups in total. The second kappa shape index (κ2) is 7.47. The second-order valence-corrected chi connectivity index (χ2v) is 5.10. The minimum absolute atomic E-state index is 0.0584. The Morgan fingerprint density at radius 1 is 1.33 bits per heavy atom. The molecule has 7 nitrogen and oxygen atoms in total. The van der Waals surface area contributed by atoms with Crippen molar-refractivity contribution in [2.24, 2.45) is 0 Å². The van der Waals surface area contributed by atoms with E-state index in [9.17, 15) is 20.0 Å². The summed E-state index contributed by atoms with van der Waals surface area (Å²) in [5.74, 6) is -0.322. The molecule has 2 aromatic rings. The van der Waals surface area contributed by atoms with Crippen LogP contribution in [-0.4, -0.2) is 23.0 Å². The van der Waals surface area contributed by atoms with Crippen molar-refractivity contribution in [3.63, 3.8) is 0 Å². The number of nitrogens with one attached hydrogen (secondary N) is 1. The van der Waals surface area contributed by atoms with E-state index in [4.69, 9.17) is 16.3 Å². The first-order valence-electron chi connectivity index (χ1n) is 6.70. The summed E-state index contributed by atoms with van der Waals surface area (Å²) >= 11 is 5.90. The lowest BCUT2D eigenvalue weighted by molar-refractivity contribution is -0.384. The minimum atomic E-state index is -0.623. The van der Waals surface area contributed by atoms with Gasteiger partial charge in [-0.3, -0.25) is 14.9 Å². The van der Waals surface area contributed by atoms with Gasteiger partial charge in [0.25, 0.3) is 5.69 Å². The first kappa shape index (κ1) is 17.3. The number of ether oxygens (including phenoxy) is 1. The van der Waals surface area contributed by atoms with Gasteiger partial charge >= 0.3 is 0 Å². The molecule has 0 aliphatic heterocycles. The highest BCUT2D eigenvalue weighted by Crippen LogP contribution is 2.28. The standard InChI is InChI=1S/C16H13ClN2O5/c1-24-15-6-3-11(17)8-10(15)2-7-16(21)18-13-9-12(19(22)23)4-5-14(13)20/h2-9,20H,1H3,(H,18,21)/b7-2+. The van der Waals surface area contributed by atoms with Crippen molar-refractivity contribution < 1.29 is 19.6 Å². The van der Waals surface area contributed by atoms with Crippen LogP contribution in [0.4, 0.5) is 11.4 Å². The molecule has 0 aliphatic rings. The number of hydrogen-bond acceptors (Lipinski definition) is 5. The van der Waals surface area contributed by atoms with Crippen molar-refractivity contribution in [2.75, 3.05) is 12.4 Å². The summed E-state index contributed by atoms with van der Waals surface area (Å²) in [6.07, 6.45) is 2.68. The van der Waals surface area contributed by atoms with E-state index in [0.717, 1.165) is 18.2 Å². The molecule has 2 aromatic carbocycles. The van der Waals surface area contributed by atoms with Gasteiger partial charge < -0.3 is 15.2 Å². The van der Waals surface area contributed by atoms with Crippen LogP contribution < -0.4 is 10.1 Å². The van der Waals surface area contributed by atoms with Gasteiger partial charge in [0.1, 0.15) is 11.5 Å². The van der Waals surface area contributed by atoms with Gasteiger partial charge in [0, 0.05) is 28.8 Å². The largest absolute Gasteiger partial charge is 0.506 e. The number of carbonyl (C=O) groups is 1. The van der Waals surface area contributed by atoms with Gasteiger partial charge in [0.05, 0.1) is 17.7 Å². The number of phenolic OH excluding ortho intramolecular Hbond substituents is 1. The molecule has 24 heavy (non-hydrogen) atoms. The van der Waals surface area contributed by atoms with Crippen LogP contribution in [-0.2, 0) is 4.79 Å². The number of benzene rings is 2. The van der Waals surface area contributed by atoms with E-state index in [2.05, 4.69) is 5.32 Å².